The molecule has 0 aliphatic heterocycles. The highest BCUT2D eigenvalue weighted by Gasteiger charge is 2.25. The molecule has 8 nitrogen and oxygen atoms in total. The molecule has 8 heteroatoms. The van der Waals surface area contributed by atoms with Crippen molar-refractivity contribution in [3.63, 3.8) is 0 Å². The fourth-order valence-electron chi connectivity index (χ4n) is 1.17. The predicted octanol–water partition coefficient (Wildman–Crippen LogP) is 1.21. The quantitative estimate of drug-likeness (QED) is 0.469. The first-order valence-electron chi connectivity index (χ1n) is 4.92. The molecule has 0 radical (unpaired) electrons. The Morgan fingerprint density at radius 1 is 1.12 bits per heavy atom. The third-order valence-corrected chi connectivity index (χ3v) is 2.36. The highest BCUT2D eigenvalue weighted by Crippen LogP contribution is 2.27. The molecule has 98 valence electrons. The van der Waals surface area contributed by atoms with Gasteiger partial charge in [0, 0.05) is 0 Å². The minimum absolute atomic E-state index is 0.0974. The first-order chi connectivity index (χ1) is 7.26. The van der Waals surface area contributed by atoms with Crippen molar-refractivity contribution >= 4 is 0 Å². The zero-order chi connectivity index (χ0) is 12.8. The van der Waals surface area contributed by atoms with Gasteiger partial charge >= 0.3 is 0 Å². The van der Waals surface area contributed by atoms with E-state index in [4.69, 9.17) is 20.8 Å². The van der Waals surface area contributed by atoms with Gasteiger partial charge in [-0.05, 0) is 11.8 Å². The van der Waals surface area contributed by atoms with Crippen molar-refractivity contribution in [1.29, 1.82) is 0 Å². The van der Waals surface area contributed by atoms with Gasteiger partial charge in [0.25, 0.3) is 0 Å². The highest BCUT2D eigenvalue weighted by atomic mass is 17.1. The predicted molar refractivity (Wildman–Crippen MR) is 50.3 cm³/mol. The van der Waals surface area contributed by atoms with E-state index in [-0.39, 0.29) is 12.0 Å². The molecule has 0 saturated carbocycles. The maximum Gasteiger partial charge on any atom is 0.110 e. The summed E-state index contributed by atoms with van der Waals surface area (Å²) in [5, 5.41) is 32.9. The molecular weight excluding hydrogens is 220 g/mol. The van der Waals surface area contributed by atoms with E-state index in [1.807, 2.05) is 20.8 Å². The Hall–Kier alpha value is -0.320. The molecule has 4 N–H and O–H groups in total. The number of hydrogen-bond donors (Lipinski definition) is 4. The lowest BCUT2D eigenvalue weighted by Gasteiger charge is -2.28. The summed E-state index contributed by atoms with van der Waals surface area (Å²) in [6.07, 6.45) is 0.590. The SMILES string of the molecule is CCC(C)(C)C[C@H](CON(O)O)ON(O)O. The molecule has 0 saturated heterocycles. The molecule has 0 fully saturated rings. The number of rotatable bonds is 8. The minimum atomic E-state index is -0.716. The molecule has 0 bridgehead atoms. The largest absolute Gasteiger partial charge is 0.266 e. The summed E-state index contributed by atoms with van der Waals surface area (Å²) in [5.74, 6) is 0. The van der Waals surface area contributed by atoms with Crippen molar-refractivity contribution in [3.8, 4) is 0 Å². The summed E-state index contributed by atoms with van der Waals surface area (Å²) in [5.41, 5.74) is -0.0974. The van der Waals surface area contributed by atoms with Crippen molar-refractivity contribution in [1.82, 2.24) is 10.8 Å². The molecule has 0 aliphatic rings. The molecular formula is C8H20N2O6. The van der Waals surface area contributed by atoms with Gasteiger partial charge in [0.1, 0.15) is 12.7 Å². The maximum absolute atomic E-state index is 8.53. The van der Waals surface area contributed by atoms with Gasteiger partial charge in [-0.2, -0.15) is 0 Å². The summed E-state index contributed by atoms with van der Waals surface area (Å²) >= 11 is 0. The average Bonchev–Trinajstić information content (AvgIpc) is 2.13. The van der Waals surface area contributed by atoms with Gasteiger partial charge in [-0.3, -0.25) is 20.8 Å². The van der Waals surface area contributed by atoms with E-state index in [2.05, 4.69) is 9.68 Å². The first-order valence-corrected chi connectivity index (χ1v) is 4.92. The second kappa shape index (κ2) is 7.09. The van der Waals surface area contributed by atoms with Crippen LogP contribution in [-0.2, 0) is 9.68 Å². The van der Waals surface area contributed by atoms with Gasteiger partial charge < -0.3 is 0 Å². The second-order valence-electron chi connectivity index (χ2n) is 4.25. The fraction of sp³-hybridized carbons (Fsp3) is 1.00. The van der Waals surface area contributed by atoms with Crippen LogP contribution in [0.1, 0.15) is 33.6 Å². The van der Waals surface area contributed by atoms with Gasteiger partial charge in [-0.15, -0.1) is 0 Å². The van der Waals surface area contributed by atoms with Gasteiger partial charge in [0.05, 0.1) is 10.8 Å². The van der Waals surface area contributed by atoms with Crippen LogP contribution in [0.4, 0.5) is 0 Å². The van der Waals surface area contributed by atoms with Crippen LogP contribution in [0, 0.1) is 5.41 Å². The van der Waals surface area contributed by atoms with E-state index in [1.165, 1.54) is 0 Å². The lowest BCUT2D eigenvalue weighted by atomic mass is 9.84. The third kappa shape index (κ3) is 7.91. The van der Waals surface area contributed by atoms with E-state index >= 15 is 0 Å². The van der Waals surface area contributed by atoms with E-state index in [1.54, 1.807) is 0 Å². The van der Waals surface area contributed by atoms with Gasteiger partial charge in [0.2, 0.25) is 0 Å². The molecule has 0 aromatic heterocycles. The molecule has 16 heavy (non-hydrogen) atoms. The Balaban J connectivity index is 4.20. The second-order valence-corrected chi connectivity index (χ2v) is 4.25. The zero-order valence-electron chi connectivity index (χ0n) is 9.70. The summed E-state index contributed by atoms with van der Waals surface area (Å²) in [6, 6.07) is 0. The third-order valence-electron chi connectivity index (χ3n) is 2.36. The molecule has 0 amide bonds. The normalized spacial score (nSPS) is 14.8. The fourth-order valence-corrected chi connectivity index (χ4v) is 1.17. The van der Waals surface area contributed by atoms with E-state index in [0.29, 0.717) is 6.42 Å². The van der Waals surface area contributed by atoms with Crippen LogP contribution >= 0.6 is 0 Å². The number of hydrogen-bond acceptors (Lipinski definition) is 8. The van der Waals surface area contributed by atoms with Gasteiger partial charge in [0.15, 0.2) is 0 Å². The highest BCUT2D eigenvalue weighted by molar-refractivity contribution is 4.71. The smallest absolute Gasteiger partial charge is 0.110 e. The van der Waals surface area contributed by atoms with Crippen molar-refractivity contribution in [2.45, 2.75) is 39.7 Å². The van der Waals surface area contributed by atoms with Gasteiger partial charge in [-0.25, -0.2) is 9.68 Å². The van der Waals surface area contributed by atoms with Crippen LogP contribution in [0.2, 0.25) is 0 Å². The molecule has 0 heterocycles. The minimum Gasteiger partial charge on any atom is -0.266 e. The van der Waals surface area contributed by atoms with Crippen LogP contribution in [0.15, 0.2) is 0 Å². The lowest BCUT2D eigenvalue weighted by Crippen LogP contribution is -2.34. The average molecular weight is 240 g/mol. The van der Waals surface area contributed by atoms with Crippen molar-refractivity contribution in [2.75, 3.05) is 6.61 Å². The van der Waals surface area contributed by atoms with Crippen molar-refractivity contribution < 1.29 is 30.5 Å². The Labute approximate surface area is 93.9 Å². The van der Waals surface area contributed by atoms with Crippen LogP contribution in [0.25, 0.3) is 0 Å². The van der Waals surface area contributed by atoms with Crippen molar-refractivity contribution in [2.24, 2.45) is 5.41 Å². The number of nitrogens with zero attached hydrogens (tertiary/aromatic N) is 2. The van der Waals surface area contributed by atoms with E-state index < -0.39 is 16.9 Å². The Morgan fingerprint density at radius 2 is 1.69 bits per heavy atom. The summed E-state index contributed by atoms with van der Waals surface area (Å²) in [7, 11) is 0. The Morgan fingerprint density at radius 3 is 2.06 bits per heavy atom. The standard InChI is InChI=1S/C8H20N2O6/c1-4-8(2,3)5-7(16-10(13)14)6-15-9(11)12/h7,11-14H,4-6H2,1-3H3/t7-/m1/s1. The van der Waals surface area contributed by atoms with Crippen LogP contribution < -0.4 is 0 Å². The Bertz CT molecular complexity index is 187. The molecule has 0 spiro atoms. The van der Waals surface area contributed by atoms with Crippen LogP contribution in [0.3, 0.4) is 0 Å². The molecule has 1 atom stereocenters. The first kappa shape index (κ1) is 15.7. The lowest BCUT2D eigenvalue weighted by molar-refractivity contribution is -0.528. The monoisotopic (exact) mass is 240 g/mol. The zero-order valence-corrected chi connectivity index (χ0v) is 9.70. The van der Waals surface area contributed by atoms with Gasteiger partial charge in [-0.1, -0.05) is 27.2 Å². The molecule has 0 aromatic rings. The molecule has 0 aliphatic carbocycles. The van der Waals surface area contributed by atoms with Crippen LogP contribution in [-0.4, -0.2) is 44.3 Å². The maximum atomic E-state index is 8.53. The molecule has 0 unspecified atom stereocenters. The summed E-state index contributed by atoms with van der Waals surface area (Å²) in [6.45, 7) is 5.70. The topological polar surface area (TPSA) is 106 Å². The molecule has 0 aromatic carbocycles. The van der Waals surface area contributed by atoms with Crippen LogP contribution in [0.5, 0.6) is 0 Å². The Kier molecular flexibility index (Phi) is 6.95. The summed E-state index contributed by atoms with van der Waals surface area (Å²) < 4.78 is 0. The van der Waals surface area contributed by atoms with E-state index in [0.717, 1.165) is 6.42 Å². The molecule has 0 rings (SSSR count). The van der Waals surface area contributed by atoms with Crippen molar-refractivity contribution in [3.05, 3.63) is 0 Å². The van der Waals surface area contributed by atoms with E-state index in [9.17, 15) is 0 Å². The summed E-state index contributed by atoms with van der Waals surface area (Å²) in [4.78, 5) is 8.97.